The molecule has 0 radical (unpaired) electrons. The van der Waals surface area contributed by atoms with Gasteiger partial charge in [0, 0.05) is 38.0 Å². The third kappa shape index (κ3) is 4.68. The van der Waals surface area contributed by atoms with Gasteiger partial charge in [-0.1, -0.05) is 13.8 Å². The lowest BCUT2D eigenvalue weighted by Gasteiger charge is -2.18. The van der Waals surface area contributed by atoms with Gasteiger partial charge in [0.25, 0.3) is 0 Å². The number of anilines is 2. The minimum atomic E-state index is 0.147. The van der Waals surface area contributed by atoms with Crippen molar-refractivity contribution in [2.45, 2.75) is 40.0 Å². The highest BCUT2D eigenvalue weighted by Crippen LogP contribution is 2.14. The fourth-order valence-corrected chi connectivity index (χ4v) is 1.87. The molecule has 0 aliphatic carbocycles. The van der Waals surface area contributed by atoms with Gasteiger partial charge in [-0.05, 0) is 13.8 Å². The molecule has 0 fully saturated rings. The van der Waals surface area contributed by atoms with Crippen molar-refractivity contribution in [1.29, 1.82) is 0 Å². The Kier molecular flexibility index (Phi) is 6.21. The van der Waals surface area contributed by atoms with Crippen molar-refractivity contribution < 1.29 is 4.79 Å². The van der Waals surface area contributed by atoms with E-state index < -0.39 is 0 Å². The number of aromatic nitrogens is 2. The molecule has 1 heterocycles. The van der Waals surface area contributed by atoms with Gasteiger partial charge in [-0.25, -0.2) is 9.97 Å². The Balaban J connectivity index is 2.56. The molecule has 0 aliphatic heterocycles. The van der Waals surface area contributed by atoms with Crippen molar-refractivity contribution in [2.24, 2.45) is 0 Å². The molecule has 3 N–H and O–H groups in total. The highest BCUT2D eigenvalue weighted by molar-refractivity contribution is 5.76. The van der Waals surface area contributed by atoms with E-state index >= 15 is 0 Å². The number of amides is 1. The van der Waals surface area contributed by atoms with E-state index in [1.165, 1.54) is 0 Å². The lowest BCUT2D eigenvalue weighted by atomic mass is 10.2. The summed E-state index contributed by atoms with van der Waals surface area (Å²) >= 11 is 0. The predicted octanol–water partition coefficient (Wildman–Crippen LogP) is 1.85. The molecule has 1 amide bonds. The number of hydrogen-bond donors (Lipinski definition) is 2. The fourth-order valence-electron chi connectivity index (χ4n) is 1.87. The Morgan fingerprint density at radius 1 is 1.35 bits per heavy atom. The molecule has 1 aromatic heterocycles. The van der Waals surface area contributed by atoms with Gasteiger partial charge in [0.05, 0.1) is 0 Å². The first kappa shape index (κ1) is 16.2. The van der Waals surface area contributed by atoms with Gasteiger partial charge in [0.15, 0.2) is 0 Å². The lowest BCUT2D eigenvalue weighted by molar-refractivity contribution is -0.130. The van der Waals surface area contributed by atoms with Gasteiger partial charge in [0.2, 0.25) is 5.91 Å². The van der Waals surface area contributed by atoms with Crippen LogP contribution in [0.1, 0.15) is 45.9 Å². The monoisotopic (exact) mass is 279 g/mol. The molecule has 6 nitrogen and oxygen atoms in total. The molecule has 1 rings (SSSR count). The van der Waals surface area contributed by atoms with Crippen molar-refractivity contribution in [3.05, 3.63) is 11.9 Å². The molecular weight excluding hydrogens is 254 g/mol. The summed E-state index contributed by atoms with van der Waals surface area (Å²) in [5.41, 5.74) is 5.75. The third-order valence-corrected chi connectivity index (χ3v) is 3.04. The number of rotatable bonds is 7. The number of nitrogen functional groups attached to an aromatic ring is 1. The highest BCUT2D eigenvalue weighted by atomic mass is 16.2. The van der Waals surface area contributed by atoms with Gasteiger partial charge in [0.1, 0.15) is 17.5 Å². The molecule has 6 heteroatoms. The Morgan fingerprint density at radius 2 is 2.00 bits per heavy atom. The second kappa shape index (κ2) is 7.67. The minimum absolute atomic E-state index is 0.147. The smallest absolute Gasteiger partial charge is 0.224 e. The molecule has 1 aromatic rings. The van der Waals surface area contributed by atoms with Crippen molar-refractivity contribution in [1.82, 2.24) is 14.9 Å². The van der Waals surface area contributed by atoms with Crippen LogP contribution in [0.25, 0.3) is 0 Å². The summed E-state index contributed by atoms with van der Waals surface area (Å²) in [5.74, 6) is 2.20. The standard InChI is InChI=1S/C14H25N5O/c1-5-19(6-2)13(20)7-8-16-12-9-11(15)17-14(18-12)10(3)4/h9-10H,5-8H2,1-4H3,(H3,15,16,17,18). The van der Waals surface area contributed by atoms with Gasteiger partial charge in [-0.2, -0.15) is 0 Å². The van der Waals surface area contributed by atoms with Crippen molar-refractivity contribution >= 4 is 17.5 Å². The summed E-state index contributed by atoms with van der Waals surface area (Å²) in [5, 5.41) is 3.14. The minimum Gasteiger partial charge on any atom is -0.384 e. The lowest BCUT2D eigenvalue weighted by Crippen LogP contribution is -2.31. The average Bonchev–Trinajstić information content (AvgIpc) is 2.39. The van der Waals surface area contributed by atoms with Crippen LogP contribution in [0, 0.1) is 0 Å². The molecule has 112 valence electrons. The zero-order chi connectivity index (χ0) is 15.1. The second-order valence-corrected chi connectivity index (χ2v) is 4.93. The molecule has 0 aromatic carbocycles. The van der Waals surface area contributed by atoms with E-state index in [1.54, 1.807) is 6.07 Å². The average molecular weight is 279 g/mol. The number of carbonyl (C=O) groups is 1. The zero-order valence-electron chi connectivity index (χ0n) is 12.8. The van der Waals surface area contributed by atoms with E-state index in [0.717, 1.165) is 13.1 Å². The Labute approximate surface area is 120 Å². The fraction of sp³-hybridized carbons (Fsp3) is 0.643. The van der Waals surface area contributed by atoms with E-state index in [9.17, 15) is 4.79 Å². The molecule has 20 heavy (non-hydrogen) atoms. The first-order chi connectivity index (χ1) is 9.47. The van der Waals surface area contributed by atoms with Crippen molar-refractivity contribution in [3.63, 3.8) is 0 Å². The van der Waals surface area contributed by atoms with Crippen molar-refractivity contribution in [3.8, 4) is 0 Å². The van der Waals surface area contributed by atoms with E-state index in [1.807, 2.05) is 32.6 Å². The topological polar surface area (TPSA) is 84.1 Å². The van der Waals surface area contributed by atoms with Gasteiger partial charge >= 0.3 is 0 Å². The maximum Gasteiger partial charge on any atom is 0.224 e. The molecular formula is C14H25N5O. The summed E-state index contributed by atoms with van der Waals surface area (Å²) in [6, 6.07) is 1.69. The van der Waals surface area contributed by atoms with Crippen LogP contribution in [-0.4, -0.2) is 40.4 Å². The SMILES string of the molecule is CCN(CC)C(=O)CCNc1cc(N)nc(C(C)C)n1. The highest BCUT2D eigenvalue weighted by Gasteiger charge is 2.10. The van der Waals surface area contributed by atoms with Gasteiger partial charge in [-0.3, -0.25) is 4.79 Å². The molecule has 0 aliphatic rings. The molecule has 0 spiro atoms. The third-order valence-electron chi connectivity index (χ3n) is 3.04. The van der Waals surface area contributed by atoms with Crippen LogP contribution in [-0.2, 0) is 4.79 Å². The van der Waals surface area contributed by atoms with Crippen LogP contribution in [0.5, 0.6) is 0 Å². The number of hydrogen-bond acceptors (Lipinski definition) is 5. The summed E-state index contributed by atoms with van der Waals surface area (Å²) in [6.45, 7) is 10.0. The summed E-state index contributed by atoms with van der Waals surface area (Å²) in [7, 11) is 0. The summed E-state index contributed by atoms with van der Waals surface area (Å²) < 4.78 is 0. The maximum absolute atomic E-state index is 11.9. The van der Waals surface area contributed by atoms with Crippen LogP contribution < -0.4 is 11.1 Å². The number of carbonyl (C=O) groups excluding carboxylic acids is 1. The Morgan fingerprint density at radius 3 is 2.55 bits per heavy atom. The van der Waals surface area contributed by atoms with E-state index in [-0.39, 0.29) is 11.8 Å². The maximum atomic E-state index is 11.9. The van der Waals surface area contributed by atoms with Crippen LogP contribution in [0.4, 0.5) is 11.6 Å². The number of nitrogens with two attached hydrogens (primary N) is 1. The first-order valence-corrected chi connectivity index (χ1v) is 7.14. The molecule has 0 saturated heterocycles. The van der Waals surface area contributed by atoms with Crippen LogP contribution in [0.15, 0.2) is 6.07 Å². The molecule has 0 atom stereocenters. The van der Waals surface area contributed by atoms with Crippen LogP contribution in [0.3, 0.4) is 0 Å². The molecule has 0 bridgehead atoms. The van der Waals surface area contributed by atoms with Crippen LogP contribution >= 0.6 is 0 Å². The van der Waals surface area contributed by atoms with Gasteiger partial charge < -0.3 is 16.0 Å². The quantitative estimate of drug-likeness (QED) is 0.795. The Bertz CT molecular complexity index is 443. The van der Waals surface area contributed by atoms with E-state index in [2.05, 4.69) is 15.3 Å². The Hall–Kier alpha value is -1.85. The van der Waals surface area contributed by atoms with Crippen LogP contribution in [0.2, 0.25) is 0 Å². The number of nitrogens with one attached hydrogen (secondary N) is 1. The second-order valence-electron chi connectivity index (χ2n) is 4.93. The normalized spacial score (nSPS) is 10.7. The number of nitrogens with zero attached hydrogens (tertiary/aromatic N) is 3. The zero-order valence-corrected chi connectivity index (χ0v) is 12.8. The van der Waals surface area contributed by atoms with E-state index in [0.29, 0.717) is 30.4 Å². The van der Waals surface area contributed by atoms with Gasteiger partial charge in [-0.15, -0.1) is 0 Å². The first-order valence-electron chi connectivity index (χ1n) is 7.14. The molecule has 0 unspecified atom stereocenters. The molecule has 0 saturated carbocycles. The largest absolute Gasteiger partial charge is 0.384 e. The van der Waals surface area contributed by atoms with E-state index in [4.69, 9.17) is 5.73 Å². The van der Waals surface area contributed by atoms with Crippen molar-refractivity contribution in [2.75, 3.05) is 30.7 Å². The summed E-state index contributed by atoms with van der Waals surface area (Å²) in [4.78, 5) is 22.3. The predicted molar refractivity (Wildman–Crippen MR) is 81.6 cm³/mol. The summed E-state index contributed by atoms with van der Waals surface area (Å²) in [6.07, 6.45) is 0.447.